The molecule has 0 aliphatic rings. The Morgan fingerprint density at radius 3 is 2.69 bits per heavy atom. The second kappa shape index (κ2) is 6.01. The molecule has 1 N–H and O–H groups in total. The maximum atomic E-state index is 11.7. The third-order valence-corrected chi connectivity index (χ3v) is 2.34. The smallest absolute Gasteiger partial charge is 0.273 e. The first kappa shape index (κ1) is 13.2. The Bertz CT molecular complexity index is 357. The zero-order valence-corrected chi connectivity index (χ0v) is 11.3. The van der Waals surface area contributed by atoms with Gasteiger partial charge in [-0.2, -0.15) is 0 Å². The molecular formula is C12H16BrNO2. The van der Waals surface area contributed by atoms with E-state index >= 15 is 0 Å². The second-order valence-corrected chi connectivity index (χ2v) is 5.07. The first-order chi connectivity index (χ1) is 7.49. The average molecular weight is 286 g/mol. The van der Waals surface area contributed by atoms with E-state index in [4.69, 9.17) is 4.84 Å². The molecular weight excluding hydrogens is 270 g/mol. The van der Waals surface area contributed by atoms with Crippen molar-refractivity contribution >= 4 is 21.8 Å². The molecule has 0 radical (unpaired) electrons. The molecule has 0 atom stereocenters. The zero-order valence-electron chi connectivity index (χ0n) is 9.71. The van der Waals surface area contributed by atoms with Crippen LogP contribution in [0.15, 0.2) is 22.7 Å². The van der Waals surface area contributed by atoms with Crippen LogP contribution >= 0.6 is 15.9 Å². The monoisotopic (exact) mass is 285 g/mol. The highest BCUT2D eigenvalue weighted by Crippen LogP contribution is 2.15. The maximum Gasteiger partial charge on any atom is 0.274 e. The summed E-state index contributed by atoms with van der Waals surface area (Å²) in [7, 11) is 0. The SMILES string of the molecule is Cc1cc(Br)cc(C(=O)NOCC(C)C)c1. The lowest BCUT2D eigenvalue weighted by molar-refractivity contribution is 0.0208. The molecule has 0 unspecified atom stereocenters. The molecule has 3 nitrogen and oxygen atoms in total. The van der Waals surface area contributed by atoms with Crippen molar-refractivity contribution < 1.29 is 9.63 Å². The molecule has 0 aliphatic carbocycles. The van der Waals surface area contributed by atoms with Crippen LogP contribution in [0.5, 0.6) is 0 Å². The van der Waals surface area contributed by atoms with Crippen molar-refractivity contribution in [2.75, 3.05) is 6.61 Å². The summed E-state index contributed by atoms with van der Waals surface area (Å²) in [5.74, 6) is 0.176. The van der Waals surface area contributed by atoms with Crippen LogP contribution in [0.1, 0.15) is 29.8 Å². The Morgan fingerprint density at radius 1 is 1.44 bits per heavy atom. The first-order valence-electron chi connectivity index (χ1n) is 5.18. The van der Waals surface area contributed by atoms with Crippen LogP contribution in [0.25, 0.3) is 0 Å². The fourth-order valence-corrected chi connectivity index (χ4v) is 1.81. The normalized spacial score (nSPS) is 10.6. The molecule has 0 aromatic heterocycles. The number of hydrogen-bond acceptors (Lipinski definition) is 2. The van der Waals surface area contributed by atoms with Crippen LogP contribution < -0.4 is 5.48 Å². The summed E-state index contributed by atoms with van der Waals surface area (Å²) in [4.78, 5) is 16.7. The lowest BCUT2D eigenvalue weighted by Gasteiger charge is -2.08. The van der Waals surface area contributed by atoms with E-state index in [0.717, 1.165) is 10.0 Å². The van der Waals surface area contributed by atoms with Crippen molar-refractivity contribution in [1.29, 1.82) is 0 Å². The van der Waals surface area contributed by atoms with Gasteiger partial charge in [-0.1, -0.05) is 29.8 Å². The van der Waals surface area contributed by atoms with Crippen LogP contribution in [0.3, 0.4) is 0 Å². The van der Waals surface area contributed by atoms with Crippen LogP contribution in [0.4, 0.5) is 0 Å². The van der Waals surface area contributed by atoms with Gasteiger partial charge in [0.2, 0.25) is 0 Å². The van der Waals surface area contributed by atoms with Gasteiger partial charge < -0.3 is 0 Å². The molecule has 1 rings (SSSR count). The van der Waals surface area contributed by atoms with Gasteiger partial charge >= 0.3 is 0 Å². The minimum Gasteiger partial charge on any atom is -0.273 e. The van der Waals surface area contributed by atoms with E-state index in [0.29, 0.717) is 18.1 Å². The molecule has 0 saturated heterocycles. The van der Waals surface area contributed by atoms with Gasteiger partial charge in [-0.25, -0.2) is 5.48 Å². The number of amides is 1. The predicted molar refractivity (Wildman–Crippen MR) is 67.1 cm³/mol. The van der Waals surface area contributed by atoms with Crippen LogP contribution in [0, 0.1) is 12.8 Å². The standard InChI is InChI=1S/C12H16BrNO2/c1-8(2)7-16-14-12(15)10-4-9(3)5-11(13)6-10/h4-6,8H,7H2,1-3H3,(H,14,15). The van der Waals surface area contributed by atoms with Crippen molar-refractivity contribution in [2.24, 2.45) is 5.92 Å². The summed E-state index contributed by atoms with van der Waals surface area (Å²) in [6.45, 7) is 6.50. The van der Waals surface area contributed by atoms with E-state index in [1.165, 1.54) is 0 Å². The van der Waals surface area contributed by atoms with E-state index in [9.17, 15) is 4.79 Å². The van der Waals surface area contributed by atoms with Crippen LogP contribution in [-0.4, -0.2) is 12.5 Å². The number of halogens is 1. The van der Waals surface area contributed by atoms with Gasteiger partial charge in [0, 0.05) is 10.0 Å². The third-order valence-electron chi connectivity index (χ3n) is 1.89. The summed E-state index contributed by atoms with van der Waals surface area (Å²) in [6, 6.07) is 5.53. The Kier molecular flexibility index (Phi) is 4.96. The molecule has 0 saturated carbocycles. The number of benzene rings is 1. The van der Waals surface area contributed by atoms with E-state index in [1.807, 2.05) is 32.9 Å². The minimum absolute atomic E-state index is 0.218. The Balaban J connectivity index is 2.59. The number of aryl methyl sites for hydroxylation is 1. The fourth-order valence-electron chi connectivity index (χ4n) is 1.20. The molecule has 4 heteroatoms. The van der Waals surface area contributed by atoms with Gasteiger partial charge in [-0.05, 0) is 36.6 Å². The van der Waals surface area contributed by atoms with Gasteiger partial charge in [0.25, 0.3) is 5.91 Å². The van der Waals surface area contributed by atoms with Gasteiger partial charge in [0.1, 0.15) is 0 Å². The topological polar surface area (TPSA) is 38.3 Å². The molecule has 0 aliphatic heterocycles. The highest BCUT2D eigenvalue weighted by Gasteiger charge is 2.07. The molecule has 1 amide bonds. The summed E-state index contributed by atoms with van der Waals surface area (Å²) in [5, 5.41) is 0. The fraction of sp³-hybridized carbons (Fsp3) is 0.417. The quantitative estimate of drug-likeness (QED) is 0.864. The number of carbonyl (C=O) groups excluding carboxylic acids is 1. The number of hydroxylamine groups is 1. The summed E-state index contributed by atoms with van der Waals surface area (Å²) in [5.41, 5.74) is 4.05. The van der Waals surface area contributed by atoms with Gasteiger partial charge in [0.15, 0.2) is 0 Å². The largest absolute Gasteiger partial charge is 0.274 e. The lowest BCUT2D eigenvalue weighted by atomic mass is 10.1. The number of rotatable bonds is 4. The van der Waals surface area contributed by atoms with E-state index in [-0.39, 0.29) is 5.91 Å². The predicted octanol–water partition coefficient (Wildman–Crippen LogP) is 3.07. The number of hydrogen-bond donors (Lipinski definition) is 1. The van der Waals surface area contributed by atoms with E-state index in [2.05, 4.69) is 21.4 Å². The molecule has 0 spiro atoms. The number of carbonyl (C=O) groups is 1. The van der Waals surface area contributed by atoms with Crippen molar-refractivity contribution in [3.63, 3.8) is 0 Å². The van der Waals surface area contributed by atoms with Gasteiger partial charge in [-0.15, -0.1) is 0 Å². The lowest BCUT2D eigenvalue weighted by Crippen LogP contribution is -2.25. The van der Waals surface area contributed by atoms with Crippen molar-refractivity contribution in [3.05, 3.63) is 33.8 Å². The zero-order chi connectivity index (χ0) is 12.1. The second-order valence-electron chi connectivity index (χ2n) is 4.15. The summed E-state index contributed by atoms with van der Waals surface area (Å²) < 4.78 is 0.890. The summed E-state index contributed by atoms with van der Waals surface area (Å²) >= 11 is 3.35. The summed E-state index contributed by atoms with van der Waals surface area (Å²) in [6.07, 6.45) is 0. The third kappa shape index (κ3) is 4.33. The van der Waals surface area contributed by atoms with E-state index < -0.39 is 0 Å². The van der Waals surface area contributed by atoms with Crippen LogP contribution in [0.2, 0.25) is 0 Å². The molecule has 88 valence electrons. The minimum atomic E-state index is -0.218. The Hall–Kier alpha value is -0.870. The molecule has 0 bridgehead atoms. The molecule has 1 aromatic rings. The number of nitrogens with one attached hydrogen (secondary N) is 1. The van der Waals surface area contributed by atoms with Gasteiger partial charge in [0.05, 0.1) is 6.61 Å². The van der Waals surface area contributed by atoms with Crippen LogP contribution in [-0.2, 0) is 4.84 Å². The Labute approximate surface area is 104 Å². The average Bonchev–Trinajstić information content (AvgIpc) is 2.15. The maximum absolute atomic E-state index is 11.7. The highest BCUT2D eigenvalue weighted by atomic mass is 79.9. The Morgan fingerprint density at radius 2 is 2.12 bits per heavy atom. The van der Waals surface area contributed by atoms with Crippen molar-refractivity contribution in [2.45, 2.75) is 20.8 Å². The van der Waals surface area contributed by atoms with E-state index in [1.54, 1.807) is 6.07 Å². The molecule has 0 heterocycles. The van der Waals surface area contributed by atoms with Crippen molar-refractivity contribution in [3.8, 4) is 0 Å². The highest BCUT2D eigenvalue weighted by molar-refractivity contribution is 9.10. The molecule has 16 heavy (non-hydrogen) atoms. The van der Waals surface area contributed by atoms with Crippen molar-refractivity contribution in [1.82, 2.24) is 5.48 Å². The first-order valence-corrected chi connectivity index (χ1v) is 5.97. The van der Waals surface area contributed by atoms with Gasteiger partial charge in [-0.3, -0.25) is 9.63 Å². The molecule has 1 aromatic carbocycles. The molecule has 0 fully saturated rings.